The Morgan fingerprint density at radius 2 is 2.15 bits per heavy atom. The van der Waals surface area contributed by atoms with Gasteiger partial charge in [0.2, 0.25) is 5.91 Å². The van der Waals surface area contributed by atoms with Gasteiger partial charge in [0.1, 0.15) is 12.4 Å². The van der Waals surface area contributed by atoms with Gasteiger partial charge < -0.3 is 14.2 Å². The van der Waals surface area contributed by atoms with Crippen molar-refractivity contribution in [3.8, 4) is 5.75 Å². The summed E-state index contributed by atoms with van der Waals surface area (Å²) in [7, 11) is 1.80. The maximum Gasteiger partial charge on any atom is 0.224 e. The number of aromatic nitrogens is 2. The first kappa shape index (κ1) is 14.1. The monoisotopic (exact) mass is 273 g/mol. The molecule has 0 unspecified atom stereocenters. The van der Waals surface area contributed by atoms with Crippen LogP contribution in [0.5, 0.6) is 5.75 Å². The highest BCUT2D eigenvalue weighted by atomic mass is 16.5. The highest BCUT2D eigenvalue weighted by molar-refractivity contribution is 5.75. The number of aryl methyl sites for hydroxylation is 1. The maximum absolute atomic E-state index is 11.9. The number of rotatable bonds is 7. The van der Waals surface area contributed by atoms with Crippen LogP contribution < -0.4 is 4.74 Å². The Balaban J connectivity index is 1.66. The van der Waals surface area contributed by atoms with Gasteiger partial charge in [-0.25, -0.2) is 4.98 Å². The molecule has 1 aromatic carbocycles. The zero-order chi connectivity index (χ0) is 14.2. The third kappa shape index (κ3) is 4.42. The molecule has 1 heterocycles. The molecule has 20 heavy (non-hydrogen) atoms. The van der Waals surface area contributed by atoms with Gasteiger partial charge in [0.25, 0.3) is 0 Å². The molecule has 0 aliphatic carbocycles. The maximum atomic E-state index is 11.9. The lowest BCUT2D eigenvalue weighted by Crippen LogP contribution is -2.31. The van der Waals surface area contributed by atoms with Crippen LogP contribution in [0.25, 0.3) is 0 Å². The van der Waals surface area contributed by atoms with Gasteiger partial charge in [0.15, 0.2) is 0 Å². The summed E-state index contributed by atoms with van der Waals surface area (Å²) in [4.78, 5) is 17.6. The van der Waals surface area contributed by atoms with E-state index in [1.54, 1.807) is 24.5 Å². The van der Waals surface area contributed by atoms with Crippen molar-refractivity contribution in [1.82, 2.24) is 14.5 Å². The third-order valence-corrected chi connectivity index (χ3v) is 3.01. The SMILES string of the molecule is CN(CCOc1ccccc1)C(=O)CCn1ccnc1. The van der Waals surface area contributed by atoms with E-state index in [9.17, 15) is 4.79 Å². The highest BCUT2D eigenvalue weighted by Gasteiger charge is 2.08. The summed E-state index contributed by atoms with van der Waals surface area (Å²) in [6, 6.07) is 9.60. The molecule has 0 radical (unpaired) electrons. The van der Waals surface area contributed by atoms with E-state index >= 15 is 0 Å². The summed E-state index contributed by atoms with van der Waals surface area (Å²) >= 11 is 0. The average molecular weight is 273 g/mol. The number of para-hydroxylation sites is 1. The molecule has 0 fully saturated rings. The number of carbonyl (C=O) groups excluding carboxylic acids is 1. The number of carbonyl (C=O) groups is 1. The number of hydrogen-bond acceptors (Lipinski definition) is 3. The van der Waals surface area contributed by atoms with E-state index in [-0.39, 0.29) is 5.91 Å². The Bertz CT molecular complexity index is 511. The topological polar surface area (TPSA) is 47.4 Å². The zero-order valence-corrected chi connectivity index (χ0v) is 11.6. The predicted molar refractivity (Wildman–Crippen MR) is 76.4 cm³/mol. The lowest BCUT2D eigenvalue weighted by molar-refractivity contribution is -0.130. The van der Waals surface area contributed by atoms with Crippen LogP contribution >= 0.6 is 0 Å². The van der Waals surface area contributed by atoms with Crippen LogP contribution in [0.15, 0.2) is 49.1 Å². The minimum Gasteiger partial charge on any atom is -0.492 e. The molecule has 2 aromatic rings. The smallest absolute Gasteiger partial charge is 0.224 e. The fraction of sp³-hybridized carbons (Fsp3) is 0.333. The summed E-state index contributed by atoms with van der Waals surface area (Å²) in [6.07, 6.45) is 5.75. The van der Waals surface area contributed by atoms with Crippen LogP contribution in [-0.2, 0) is 11.3 Å². The fourth-order valence-electron chi connectivity index (χ4n) is 1.78. The molecule has 0 N–H and O–H groups in total. The van der Waals surface area contributed by atoms with Crippen LogP contribution in [0.3, 0.4) is 0 Å². The van der Waals surface area contributed by atoms with E-state index in [2.05, 4.69) is 4.98 Å². The molecule has 2 rings (SSSR count). The summed E-state index contributed by atoms with van der Waals surface area (Å²) in [5.74, 6) is 0.933. The van der Waals surface area contributed by atoms with Crippen molar-refractivity contribution in [3.05, 3.63) is 49.1 Å². The summed E-state index contributed by atoms with van der Waals surface area (Å²) in [5, 5.41) is 0. The molecule has 1 aromatic heterocycles. The van der Waals surface area contributed by atoms with Gasteiger partial charge in [-0.1, -0.05) is 18.2 Å². The van der Waals surface area contributed by atoms with Crippen molar-refractivity contribution in [3.63, 3.8) is 0 Å². The first-order valence-electron chi connectivity index (χ1n) is 6.63. The lowest BCUT2D eigenvalue weighted by atomic mass is 10.3. The summed E-state index contributed by atoms with van der Waals surface area (Å²) in [6.45, 7) is 1.73. The van der Waals surface area contributed by atoms with Crippen molar-refractivity contribution < 1.29 is 9.53 Å². The van der Waals surface area contributed by atoms with Crippen molar-refractivity contribution in [2.45, 2.75) is 13.0 Å². The number of ether oxygens (including phenoxy) is 1. The Labute approximate surface area is 118 Å². The molecular weight excluding hydrogens is 254 g/mol. The van der Waals surface area contributed by atoms with Crippen molar-refractivity contribution >= 4 is 5.91 Å². The number of benzene rings is 1. The van der Waals surface area contributed by atoms with Crippen LogP contribution in [0.1, 0.15) is 6.42 Å². The van der Waals surface area contributed by atoms with Gasteiger partial charge in [0.05, 0.1) is 12.9 Å². The quantitative estimate of drug-likeness (QED) is 0.773. The molecular formula is C15H19N3O2. The third-order valence-electron chi connectivity index (χ3n) is 3.01. The second-order valence-corrected chi connectivity index (χ2v) is 4.53. The van der Waals surface area contributed by atoms with E-state index < -0.39 is 0 Å². The number of hydrogen-bond donors (Lipinski definition) is 0. The second kappa shape index (κ2) is 7.33. The lowest BCUT2D eigenvalue weighted by Gasteiger charge is -2.17. The number of imidazole rings is 1. The average Bonchev–Trinajstić information content (AvgIpc) is 2.99. The van der Waals surface area contributed by atoms with Gasteiger partial charge in [-0.15, -0.1) is 0 Å². The summed E-state index contributed by atoms with van der Waals surface area (Å²) < 4.78 is 7.46. The molecule has 0 saturated carbocycles. The van der Waals surface area contributed by atoms with Crippen molar-refractivity contribution in [1.29, 1.82) is 0 Å². The van der Waals surface area contributed by atoms with E-state index in [1.165, 1.54) is 0 Å². The number of likely N-dealkylation sites (N-methyl/N-ethyl adjacent to an activating group) is 1. The summed E-state index contributed by atoms with van der Waals surface area (Å²) in [5.41, 5.74) is 0. The first-order valence-corrected chi connectivity index (χ1v) is 6.63. The standard InChI is InChI=1S/C15H19N3O2/c1-17(11-12-20-14-5-3-2-4-6-14)15(19)7-9-18-10-8-16-13-18/h2-6,8,10,13H,7,9,11-12H2,1H3. The predicted octanol–water partition coefficient (Wildman–Crippen LogP) is 1.81. The molecule has 1 amide bonds. The van der Waals surface area contributed by atoms with E-state index in [1.807, 2.05) is 41.1 Å². The van der Waals surface area contributed by atoms with E-state index in [0.717, 1.165) is 5.75 Å². The van der Waals surface area contributed by atoms with Gasteiger partial charge in [-0.05, 0) is 12.1 Å². The second-order valence-electron chi connectivity index (χ2n) is 4.53. The normalized spacial score (nSPS) is 10.2. The minimum atomic E-state index is 0.107. The van der Waals surface area contributed by atoms with E-state index in [0.29, 0.717) is 26.1 Å². The molecule has 106 valence electrons. The molecule has 5 heteroatoms. The molecule has 0 atom stereocenters. The van der Waals surface area contributed by atoms with Crippen LogP contribution in [-0.4, -0.2) is 40.6 Å². The Hall–Kier alpha value is -2.30. The molecule has 5 nitrogen and oxygen atoms in total. The Morgan fingerprint density at radius 3 is 2.85 bits per heavy atom. The van der Waals surface area contributed by atoms with Crippen LogP contribution in [0.2, 0.25) is 0 Å². The molecule has 0 saturated heterocycles. The van der Waals surface area contributed by atoms with Crippen LogP contribution in [0.4, 0.5) is 0 Å². The first-order chi connectivity index (χ1) is 9.75. The van der Waals surface area contributed by atoms with Gasteiger partial charge in [-0.3, -0.25) is 4.79 Å². The van der Waals surface area contributed by atoms with Gasteiger partial charge >= 0.3 is 0 Å². The fourth-order valence-corrected chi connectivity index (χ4v) is 1.78. The van der Waals surface area contributed by atoms with Gasteiger partial charge in [-0.2, -0.15) is 0 Å². The molecule has 0 bridgehead atoms. The van der Waals surface area contributed by atoms with Crippen molar-refractivity contribution in [2.24, 2.45) is 0 Å². The molecule has 0 spiro atoms. The highest BCUT2D eigenvalue weighted by Crippen LogP contribution is 2.07. The molecule has 0 aliphatic heterocycles. The Morgan fingerprint density at radius 1 is 1.35 bits per heavy atom. The largest absolute Gasteiger partial charge is 0.492 e. The number of nitrogens with zero attached hydrogens (tertiary/aromatic N) is 3. The number of amides is 1. The zero-order valence-electron chi connectivity index (χ0n) is 11.6. The van der Waals surface area contributed by atoms with Crippen LogP contribution in [0, 0.1) is 0 Å². The van der Waals surface area contributed by atoms with Crippen molar-refractivity contribution in [2.75, 3.05) is 20.2 Å². The van der Waals surface area contributed by atoms with Gasteiger partial charge in [0, 0.05) is 32.4 Å². The van der Waals surface area contributed by atoms with E-state index in [4.69, 9.17) is 4.74 Å². The minimum absolute atomic E-state index is 0.107. The Kier molecular flexibility index (Phi) is 5.17. The molecule has 0 aliphatic rings.